The van der Waals surface area contributed by atoms with E-state index in [1.54, 1.807) is 0 Å². The van der Waals surface area contributed by atoms with Crippen LogP contribution < -0.4 is 4.90 Å². The van der Waals surface area contributed by atoms with E-state index in [-0.39, 0.29) is 5.91 Å². The quantitative estimate of drug-likeness (QED) is 0.611. The van der Waals surface area contributed by atoms with Gasteiger partial charge in [0.1, 0.15) is 5.82 Å². The highest BCUT2D eigenvalue weighted by molar-refractivity contribution is 7.09. The van der Waals surface area contributed by atoms with Crippen molar-refractivity contribution >= 4 is 22.6 Å². The van der Waals surface area contributed by atoms with Gasteiger partial charge >= 0.3 is 0 Å². The molecule has 2 aromatic rings. The zero-order chi connectivity index (χ0) is 21.5. The number of carbonyl (C=O) groups excluding carboxylic acids is 1. The van der Waals surface area contributed by atoms with Gasteiger partial charge in [-0.25, -0.2) is 4.98 Å². The Bertz CT molecular complexity index is 796. The van der Waals surface area contributed by atoms with Crippen molar-refractivity contribution in [1.82, 2.24) is 19.2 Å². The van der Waals surface area contributed by atoms with Gasteiger partial charge in [0.2, 0.25) is 11.0 Å². The topological polar surface area (TPSA) is 52.6 Å². The lowest BCUT2D eigenvalue weighted by Crippen LogP contribution is -2.49. The molecule has 2 heterocycles. The summed E-state index contributed by atoms with van der Waals surface area (Å²) in [6.07, 6.45) is 1.28. The first-order chi connectivity index (χ1) is 14.4. The van der Waals surface area contributed by atoms with E-state index < -0.39 is 0 Å². The number of hydrogen-bond acceptors (Lipinski definition) is 6. The summed E-state index contributed by atoms with van der Waals surface area (Å²) in [6.45, 7) is 15.0. The number of carbonyl (C=O) groups is 1. The summed E-state index contributed by atoms with van der Waals surface area (Å²) in [7, 11) is 0. The standard InChI is InChI=1S/C23H35N5OS/c1-5-26-12-14-27(15-13-26)22(29)10-11-28(17-18(2)3)23-24-21(25-30-23)16-20-8-6-19(4)7-9-20/h6-9,18H,5,10-17H2,1-4H3. The van der Waals surface area contributed by atoms with Crippen LogP contribution in [0.4, 0.5) is 5.13 Å². The molecule has 0 unspecified atom stereocenters. The van der Waals surface area contributed by atoms with Crippen LogP contribution in [0.25, 0.3) is 0 Å². The predicted octanol–water partition coefficient (Wildman–Crippen LogP) is 3.45. The molecule has 0 radical (unpaired) electrons. The van der Waals surface area contributed by atoms with Crippen molar-refractivity contribution in [2.24, 2.45) is 5.92 Å². The van der Waals surface area contributed by atoms with E-state index in [9.17, 15) is 4.79 Å². The van der Waals surface area contributed by atoms with E-state index in [0.717, 1.165) is 56.6 Å². The van der Waals surface area contributed by atoms with Gasteiger partial charge < -0.3 is 14.7 Å². The van der Waals surface area contributed by atoms with Crippen molar-refractivity contribution in [1.29, 1.82) is 0 Å². The van der Waals surface area contributed by atoms with Crippen molar-refractivity contribution in [3.63, 3.8) is 0 Å². The summed E-state index contributed by atoms with van der Waals surface area (Å²) in [5.74, 6) is 1.61. The van der Waals surface area contributed by atoms with Gasteiger partial charge in [-0.1, -0.05) is 50.6 Å². The van der Waals surface area contributed by atoms with Crippen molar-refractivity contribution in [3.8, 4) is 0 Å². The van der Waals surface area contributed by atoms with Crippen molar-refractivity contribution in [2.45, 2.75) is 40.5 Å². The fourth-order valence-electron chi connectivity index (χ4n) is 3.74. The molecule has 0 spiro atoms. The summed E-state index contributed by atoms with van der Waals surface area (Å²) in [5, 5.41) is 0.925. The Morgan fingerprint density at radius 2 is 1.87 bits per heavy atom. The van der Waals surface area contributed by atoms with Crippen molar-refractivity contribution < 1.29 is 4.79 Å². The molecule has 164 valence electrons. The van der Waals surface area contributed by atoms with Crippen LogP contribution in [-0.4, -0.2) is 70.9 Å². The second kappa shape index (κ2) is 10.9. The molecule has 1 fully saturated rings. The van der Waals surface area contributed by atoms with Gasteiger partial charge in [-0.15, -0.1) is 0 Å². The first-order valence-electron chi connectivity index (χ1n) is 11.1. The van der Waals surface area contributed by atoms with Crippen LogP contribution in [0.1, 0.15) is 44.1 Å². The van der Waals surface area contributed by atoms with Crippen molar-refractivity contribution in [2.75, 3.05) is 50.7 Å². The van der Waals surface area contributed by atoms with Crippen molar-refractivity contribution in [3.05, 3.63) is 41.2 Å². The molecule has 0 atom stereocenters. The summed E-state index contributed by atoms with van der Waals surface area (Å²) >= 11 is 1.45. The molecule has 7 heteroatoms. The normalized spacial score (nSPS) is 15.0. The van der Waals surface area contributed by atoms with Gasteiger partial charge in [0.05, 0.1) is 0 Å². The SMILES string of the molecule is CCN1CCN(C(=O)CCN(CC(C)C)c2nc(Cc3ccc(C)cc3)ns2)CC1. The second-order valence-corrected chi connectivity index (χ2v) is 9.29. The van der Waals surface area contributed by atoms with Gasteiger partial charge in [-0.2, -0.15) is 4.37 Å². The molecule has 1 amide bonds. The van der Waals surface area contributed by atoms with Crippen LogP contribution in [0.5, 0.6) is 0 Å². The van der Waals surface area contributed by atoms with Gasteiger partial charge in [0, 0.05) is 63.6 Å². The Kier molecular flexibility index (Phi) is 8.22. The molecule has 6 nitrogen and oxygen atoms in total. The largest absolute Gasteiger partial charge is 0.346 e. The number of aromatic nitrogens is 2. The van der Waals surface area contributed by atoms with Gasteiger partial charge in [0.25, 0.3) is 0 Å². The average molecular weight is 430 g/mol. The van der Waals surface area contributed by atoms with E-state index in [0.29, 0.717) is 18.9 Å². The number of piperazine rings is 1. The van der Waals surface area contributed by atoms with Gasteiger partial charge in [-0.05, 0) is 24.9 Å². The third-order valence-corrected chi connectivity index (χ3v) is 6.38. The first kappa shape index (κ1) is 22.7. The lowest BCUT2D eigenvalue weighted by atomic mass is 10.1. The monoisotopic (exact) mass is 429 g/mol. The van der Waals surface area contributed by atoms with Crippen LogP contribution >= 0.6 is 11.5 Å². The maximum absolute atomic E-state index is 12.7. The van der Waals surface area contributed by atoms with E-state index in [1.807, 2.05) is 4.90 Å². The zero-order valence-electron chi connectivity index (χ0n) is 18.8. The molecule has 1 aliphatic rings. The molecule has 3 rings (SSSR count). The highest BCUT2D eigenvalue weighted by atomic mass is 32.1. The van der Waals surface area contributed by atoms with Crippen LogP contribution in [0.3, 0.4) is 0 Å². The highest BCUT2D eigenvalue weighted by Crippen LogP contribution is 2.21. The van der Waals surface area contributed by atoms with E-state index >= 15 is 0 Å². The number of hydrogen-bond donors (Lipinski definition) is 0. The molecule has 0 bridgehead atoms. The molecule has 1 aromatic carbocycles. The van der Waals surface area contributed by atoms with E-state index in [4.69, 9.17) is 4.98 Å². The smallest absolute Gasteiger partial charge is 0.224 e. The van der Waals surface area contributed by atoms with Crippen LogP contribution in [0.2, 0.25) is 0 Å². The lowest BCUT2D eigenvalue weighted by molar-refractivity contribution is -0.132. The summed E-state index contributed by atoms with van der Waals surface area (Å²) in [4.78, 5) is 24.2. The zero-order valence-corrected chi connectivity index (χ0v) is 19.6. The third-order valence-electron chi connectivity index (χ3n) is 5.56. The Labute approximate surface area is 185 Å². The van der Waals surface area contributed by atoms with E-state index in [2.05, 4.69) is 66.1 Å². The fourth-order valence-corrected chi connectivity index (χ4v) is 4.46. The molecule has 1 aliphatic heterocycles. The molecular formula is C23H35N5OS. The molecular weight excluding hydrogens is 394 g/mol. The molecule has 0 aliphatic carbocycles. The summed E-state index contributed by atoms with van der Waals surface area (Å²) < 4.78 is 4.58. The molecule has 30 heavy (non-hydrogen) atoms. The third kappa shape index (κ3) is 6.51. The van der Waals surface area contributed by atoms with Gasteiger partial charge in [-0.3, -0.25) is 4.79 Å². The average Bonchev–Trinajstić information content (AvgIpc) is 3.20. The number of aryl methyl sites for hydroxylation is 1. The Hall–Kier alpha value is -1.99. The minimum atomic E-state index is 0.254. The second-order valence-electron chi connectivity index (χ2n) is 8.56. The number of anilines is 1. The van der Waals surface area contributed by atoms with Crippen LogP contribution in [0.15, 0.2) is 24.3 Å². The molecule has 0 N–H and O–H groups in total. The van der Waals surface area contributed by atoms with Crippen LogP contribution in [-0.2, 0) is 11.2 Å². The molecule has 1 aromatic heterocycles. The maximum atomic E-state index is 12.7. The Balaban J connectivity index is 1.58. The number of likely N-dealkylation sites (N-methyl/N-ethyl adjacent to an activating group) is 1. The minimum absolute atomic E-state index is 0.254. The van der Waals surface area contributed by atoms with E-state index in [1.165, 1.54) is 22.7 Å². The predicted molar refractivity (Wildman–Crippen MR) is 124 cm³/mol. The first-order valence-corrected chi connectivity index (χ1v) is 11.8. The number of nitrogens with zero attached hydrogens (tertiary/aromatic N) is 5. The Morgan fingerprint density at radius 3 is 2.50 bits per heavy atom. The number of rotatable bonds is 9. The number of amides is 1. The van der Waals surface area contributed by atoms with Crippen LogP contribution in [0, 0.1) is 12.8 Å². The summed E-state index contributed by atoms with van der Waals surface area (Å²) in [5.41, 5.74) is 2.48. The van der Waals surface area contributed by atoms with Gasteiger partial charge in [0.15, 0.2) is 0 Å². The Morgan fingerprint density at radius 1 is 1.17 bits per heavy atom. The molecule has 1 saturated heterocycles. The maximum Gasteiger partial charge on any atom is 0.224 e. The fraction of sp³-hybridized carbons (Fsp3) is 0.609. The molecule has 0 saturated carbocycles. The summed E-state index contributed by atoms with van der Waals surface area (Å²) in [6, 6.07) is 8.52. The highest BCUT2D eigenvalue weighted by Gasteiger charge is 2.22. The number of benzene rings is 1. The lowest BCUT2D eigenvalue weighted by Gasteiger charge is -2.34. The minimum Gasteiger partial charge on any atom is -0.346 e.